The van der Waals surface area contributed by atoms with Crippen LogP contribution in [0.3, 0.4) is 0 Å². The number of nitrogens with zero attached hydrogens (tertiary/aromatic N) is 3. The summed E-state index contributed by atoms with van der Waals surface area (Å²) in [6.07, 6.45) is -0.890. The van der Waals surface area contributed by atoms with Crippen molar-refractivity contribution < 1.29 is 27.9 Å². The summed E-state index contributed by atoms with van der Waals surface area (Å²) in [4.78, 5) is 29.6. The van der Waals surface area contributed by atoms with E-state index in [2.05, 4.69) is 4.90 Å². The fourth-order valence-corrected chi connectivity index (χ4v) is 6.55. The van der Waals surface area contributed by atoms with Crippen molar-refractivity contribution in [1.29, 1.82) is 0 Å². The largest absolute Gasteiger partial charge is 0.431 e. The molecule has 1 aromatic carbocycles. The first-order chi connectivity index (χ1) is 17.9. The monoisotopic (exact) mass is 571 g/mol. The smallest absolute Gasteiger partial charge is 0.371 e. The summed E-state index contributed by atoms with van der Waals surface area (Å²) in [7, 11) is 3.37. The van der Waals surface area contributed by atoms with Gasteiger partial charge in [0.1, 0.15) is 0 Å². The number of carbonyl (C=O) groups excluding carboxylic acids is 2. The number of likely N-dealkylation sites (tertiary alicyclic amines) is 1. The number of piperidine rings is 2. The van der Waals surface area contributed by atoms with Gasteiger partial charge in [-0.25, -0.2) is 0 Å². The molecule has 11 heteroatoms. The predicted molar refractivity (Wildman–Crippen MR) is 143 cm³/mol. The topological polar surface area (TPSA) is 64.1 Å². The number of alkyl halides is 3. The summed E-state index contributed by atoms with van der Waals surface area (Å²) in [5, 5.41) is 12.4. The van der Waals surface area contributed by atoms with Gasteiger partial charge in [-0.1, -0.05) is 17.7 Å². The van der Waals surface area contributed by atoms with Gasteiger partial charge in [-0.05, 0) is 73.6 Å². The molecule has 0 radical (unpaired) electrons. The molecule has 1 N–H and O–H groups in total. The van der Waals surface area contributed by atoms with E-state index in [4.69, 9.17) is 11.6 Å². The van der Waals surface area contributed by atoms with Crippen molar-refractivity contribution in [3.8, 4) is 0 Å². The van der Waals surface area contributed by atoms with Crippen molar-refractivity contribution in [2.45, 2.75) is 43.9 Å². The van der Waals surface area contributed by atoms with Crippen LogP contribution in [0, 0.1) is 11.8 Å². The van der Waals surface area contributed by atoms with E-state index in [1.165, 1.54) is 21.2 Å². The number of carbonyl (C=O) groups is 2. The van der Waals surface area contributed by atoms with Crippen molar-refractivity contribution in [2.75, 3.05) is 45.2 Å². The number of amides is 2. The van der Waals surface area contributed by atoms with Crippen molar-refractivity contribution in [1.82, 2.24) is 9.80 Å². The Labute approximate surface area is 230 Å². The number of hydrogen-bond donors (Lipinski definition) is 1. The lowest BCUT2D eigenvalue weighted by molar-refractivity contribution is -0.261. The maximum Gasteiger partial charge on any atom is 0.431 e. The molecule has 2 saturated heterocycles. The van der Waals surface area contributed by atoms with Gasteiger partial charge in [-0.15, -0.1) is 11.3 Å². The van der Waals surface area contributed by atoms with Crippen LogP contribution in [-0.2, 0) is 10.4 Å². The number of thiophene rings is 1. The van der Waals surface area contributed by atoms with E-state index in [1.807, 2.05) is 12.1 Å². The SMILES string of the molecule is CN(C)C(=O)c1ccc(N2CCC(CC3CCN(C(=O)C(O)(c4cccs4)C(F)(F)F)CC3)CC2)cc1Cl. The molecule has 6 nitrogen and oxygen atoms in total. The minimum Gasteiger partial charge on any atom is -0.371 e. The second kappa shape index (κ2) is 11.4. The van der Waals surface area contributed by atoms with Crippen molar-refractivity contribution in [2.24, 2.45) is 11.8 Å². The molecule has 2 fully saturated rings. The van der Waals surface area contributed by atoms with Crippen LogP contribution in [0.25, 0.3) is 0 Å². The second-order valence-corrected chi connectivity index (χ2v) is 11.8. The van der Waals surface area contributed by atoms with Crippen molar-refractivity contribution in [3.63, 3.8) is 0 Å². The molecule has 3 heterocycles. The second-order valence-electron chi connectivity index (χ2n) is 10.5. The lowest BCUT2D eigenvalue weighted by atomic mass is 9.82. The van der Waals surface area contributed by atoms with Crippen LogP contribution in [-0.4, -0.2) is 73.2 Å². The standard InChI is InChI=1S/C27H33ClF3N3O3S/c1-32(2)24(35)21-6-5-20(17-22(21)28)33-11-7-18(8-12-33)16-19-9-13-34(14-10-19)25(36)26(37,27(29,30)31)23-4-3-15-38-23/h3-6,15,17-19,37H,7-14,16H2,1-2H3. The number of aliphatic hydroxyl groups is 1. The van der Waals surface area contributed by atoms with Crippen LogP contribution >= 0.6 is 22.9 Å². The third-order valence-corrected chi connectivity index (χ3v) is 9.03. The molecule has 1 atom stereocenters. The average molecular weight is 572 g/mol. The Bertz CT molecular complexity index is 1130. The number of halogens is 4. The minimum absolute atomic E-state index is 0.136. The first kappa shape index (κ1) is 28.7. The number of anilines is 1. The molecule has 0 bridgehead atoms. The quantitative estimate of drug-likeness (QED) is 0.504. The highest BCUT2D eigenvalue weighted by molar-refractivity contribution is 7.10. The van der Waals surface area contributed by atoms with Gasteiger partial charge in [0.2, 0.25) is 0 Å². The molecule has 0 saturated carbocycles. The molecule has 0 aliphatic carbocycles. The number of rotatable bonds is 6. The third-order valence-electron chi connectivity index (χ3n) is 7.73. The van der Waals surface area contributed by atoms with Gasteiger partial charge in [-0.2, -0.15) is 13.2 Å². The van der Waals surface area contributed by atoms with Crippen molar-refractivity contribution >= 4 is 40.4 Å². The van der Waals surface area contributed by atoms with Crippen LogP contribution < -0.4 is 4.90 Å². The Morgan fingerprint density at radius 2 is 1.66 bits per heavy atom. The summed E-state index contributed by atoms with van der Waals surface area (Å²) < 4.78 is 41.4. The zero-order valence-electron chi connectivity index (χ0n) is 21.5. The molecule has 0 spiro atoms. The van der Waals surface area contributed by atoms with Gasteiger partial charge >= 0.3 is 6.18 Å². The highest BCUT2D eigenvalue weighted by Gasteiger charge is 2.62. The van der Waals surface area contributed by atoms with Gasteiger partial charge in [0.05, 0.1) is 15.5 Å². The van der Waals surface area contributed by atoms with Crippen LogP contribution in [0.1, 0.15) is 47.3 Å². The summed E-state index contributed by atoms with van der Waals surface area (Å²) in [5.41, 5.74) is -2.04. The molecule has 38 heavy (non-hydrogen) atoms. The number of hydrogen-bond acceptors (Lipinski definition) is 5. The zero-order valence-corrected chi connectivity index (χ0v) is 23.1. The maximum absolute atomic E-state index is 13.8. The van der Waals surface area contributed by atoms with Crippen LogP contribution in [0.2, 0.25) is 5.02 Å². The molecular weight excluding hydrogens is 539 g/mol. The van der Waals surface area contributed by atoms with E-state index >= 15 is 0 Å². The predicted octanol–water partition coefficient (Wildman–Crippen LogP) is 5.40. The van der Waals surface area contributed by atoms with E-state index in [9.17, 15) is 27.9 Å². The Kier molecular flexibility index (Phi) is 8.64. The zero-order chi connectivity index (χ0) is 27.7. The number of benzene rings is 1. The van der Waals surface area contributed by atoms with Crippen LogP contribution in [0.15, 0.2) is 35.7 Å². The first-order valence-corrected chi connectivity index (χ1v) is 14.1. The summed E-state index contributed by atoms with van der Waals surface area (Å²) in [5.74, 6) is -0.581. The molecule has 4 rings (SSSR count). The molecule has 2 aliphatic rings. The van der Waals surface area contributed by atoms with Crippen LogP contribution in [0.5, 0.6) is 0 Å². The normalized spacial score (nSPS) is 19.3. The molecular formula is C27H33ClF3N3O3S. The Morgan fingerprint density at radius 1 is 1.05 bits per heavy atom. The highest BCUT2D eigenvalue weighted by Crippen LogP contribution is 2.43. The Morgan fingerprint density at radius 3 is 2.16 bits per heavy atom. The minimum atomic E-state index is -5.09. The molecule has 1 unspecified atom stereocenters. The van der Waals surface area contributed by atoms with E-state index < -0.39 is 22.6 Å². The molecule has 1 aromatic heterocycles. The summed E-state index contributed by atoms with van der Waals surface area (Å²) in [6.45, 7) is 2.14. The third kappa shape index (κ3) is 5.82. The van der Waals surface area contributed by atoms with Gasteiger partial charge in [0.25, 0.3) is 17.4 Å². The first-order valence-electron chi connectivity index (χ1n) is 12.8. The summed E-state index contributed by atoms with van der Waals surface area (Å²) >= 11 is 7.11. The fourth-order valence-electron chi connectivity index (χ4n) is 5.46. The highest BCUT2D eigenvalue weighted by atomic mass is 35.5. The molecule has 208 valence electrons. The van der Waals surface area contributed by atoms with E-state index in [0.29, 0.717) is 35.3 Å². The Balaban J connectivity index is 1.28. The Hall–Kier alpha value is -2.30. The van der Waals surface area contributed by atoms with Crippen LogP contribution in [0.4, 0.5) is 18.9 Å². The maximum atomic E-state index is 13.8. The summed E-state index contributed by atoms with van der Waals surface area (Å²) in [6, 6.07) is 8.08. The van der Waals surface area contributed by atoms with Gasteiger partial charge < -0.3 is 19.8 Å². The van der Waals surface area contributed by atoms with E-state index in [-0.39, 0.29) is 19.0 Å². The van der Waals surface area contributed by atoms with Gasteiger partial charge in [0.15, 0.2) is 0 Å². The van der Waals surface area contributed by atoms with Gasteiger partial charge in [-0.3, -0.25) is 9.59 Å². The average Bonchev–Trinajstić information content (AvgIpc) is 3.43. The lowest BCUT2D eigenvalue weighted by Gasteiger charge is -2.40. The lowest BCUT2D eigenvalue weighted by Crippen LogP contribution is -2.56. The van der Waals surface area contributed by atoms with E-state index in [0.717, 1.165) is 55.4 Å². The molecule has 2 amide bonds. The van der Waals surface area contributed by atoms with E-state index in [1.54, 1.807) is 20.2 Å². The fraction of sp³-hybridized carbons (Fsp3) is 0.556. The molecule has 2 aromatic rings. The van der Waals surface area contributed by atoms with Gasteiger partial charge in [0, 0.05) is 46.0 Å². The molecule has 2 aliphatic heterocycles. The van der Waals surface area contributed by atoms with Crippen molar-refractivity contribution in [3.05, 3.63) is 51.2 Å².